The fraction of sp³-hybridized carbons (Fsp3) is 0.600. The molecule has 20 heavy (non-hydrogen) atoms. The predicted octanol–water partition coefficient (Wildman–Crippen LogP) is 2.17. The van der Waals surface area contributed by atoms with Gasteiger partial charge in [0.1, 0.15) is 0 Å². The van der Waals surface area contributed by atoms with Gasteiger partial charge in [-0.2, -0.15) is 0 Å². The number of piperidine rings is 1. The van der Waals surface area contributed by atoms with E-state index in [-0.39, 0.29) is 0 Å². The van der Waals surface area contributed by atoms with E-state index < -0.39 is 16.1 Å². The Kier molecular flexibility index (Phi) is 5.18. The van der Waals surface area contributed by atoms with Crippen LogP contribution in [-0.4, -0.2) is 37.2 Å². The summed E-state index contributed by atoms with van der Waals surface area (Å²) in [7, 11) is -3.08. The van der Waals surface area contributed by atoms with Gasteiger partial charge in [0.05, 0.1) is 12.4 Å². The van der Waals surface area contributed by atoms with Crippen LogP contribution in [0.3, 0.4) is 0 Å². The predicted molar refractivity (Wildman–Crippen MR) is 79.8 cm³/mol. The minimum Gasteiger partial charge on any atom is -0.388 e. The lowest BCUT2D eigenvalue weighted by molar-refractivity contribution is 0.146. The van der Waals surface area contributed by atoms with E-state index in [0.717, 1.165) is 24.8 Å². The Labute approximate surface area is 121 Å². The van der Waals surface area contributed by atoms with E-state index in [9.17, 15) is 13.5 Å². The fourth-order valence-electron chi connectivity index (χ4n) is 2.80. The van der Waals surface area contributed by atoms with E-state index in [1.165, 1.54) is 6.26 Å². The fourth-order valence-corrected chi connectivity index (χ4v) is 3.74. The summed E-state index contributed by atoms with van der Waals surface area (Å²) in [5.41, 5.74) is 0.934. The number of sulfonamides is 1. The third-order valence-electron chi connectivity index (χ3n) is 3.98. The number of benzene rings is 1. The maximum Gasteiger partial charge on any atom is 0.211 e. The Balaban J connectivity index is 1.85. The number of aliphatic hydroxyl groups excluding tert-OH is 1. The van der Waals surface area contributed by atoms with Crippen LogP contribution >= 0.6 is 0 Å². The molecule has 5 heteroatoms. The molecule has 1 aliphatic heterocycles. The van der Waals surface area contributed by atoms with Gasteiger partial charge in [0.25, 0.3) is 0 Å². The van der Waals surface area contributed by atoms with Gasteiger partial charge in [-0.3, -0.25) is 0 Å². The van der Waals surface area contributed by atoms with Crippen LogP contribution in [0.4, 0.5) is 0 Å². The second kappa shape index (κ2) is 6.70. The lowest BCUT2D eigenvalue weighted by Gasteiger charge is -2.31. The van der Waals surface area contributed by atoms with Crippen molar-refractivity contribution in [3.8, 4) is 0 Å². The standard InChI is InChI=1S/C15H23NO3S/c1-20(18,19)16-11-5-6-13(12-16)9-10-15(17)14-7-3-2-4-8-14/h2-4,7-8,13,15,17H,5-6,9-12H2,1H3. The molecule has 1 saturated heterocycles. The topological polar surface area (TPSA) is 57.6 Å². The molecular weight excluding hydrogens is 274 g/mol. The molecule has 1 N–H and O–H groups in total. The molecule has 4 nitrogen and oxygen atoms in total. The lowest BCUT2D eigenvalue weighted by atomic mass is 9.92. The summed E-state index contributed by atoms with van der Waals surface area (Å²) >= 11 is 0. The molecule has 112 valence electrons. The van der Waals surface area contributed by atoms with Crippen molar-refractivity contribution in [1.82, 2.24) is 4.31 Å². The van der Waals surface area contributed by atoms with Crippen LogP contribution in [0.25, 0.3) is 0 Å². The van der Waals surface area contributed by atoms with Gasteiger partial charge >= 0.3 is 0 Å². The first-order chi connectivity index (χ1) is 9.47. The first-order valence-electron chi connectivity index (χ1n) is 7.15. The van der Waals surface area contributed by atoms with Gasteiger partial charge < -0.3 is 5.11 Å². The molecule has 1 aromatic rings. The molecule has 0 bridgehead atoms. The molecule has 0 spiro atoms. The van der Waals surface area contributed by atoms with Gasteiger partial charge in [-0.05, 0) is 37.2 Å². The zero-order chi connectivity index (χ0) is 14.6. The van der Waals surface area contributed by atoms with E-state index in [1.54, 1.807) is 4.31 Å². The van der Waals surface area contributed by atoms with Crippen LogP contribution in [0.1, 0.15) is 37.4 Å². The Hall–Kier alpha value is -0.910. The van der Waals surface area contributed by atoms with Crippen molar-refractivity contribution < 1.29 is 13.5 Å². The SMILES string of the molecule is CS(=O)(=O)N1CCCC(CCC(O)c2ccccc2)C1. The molecule has 2 atom stereocenters. The molecule has 0 amide bonds. The number of nitrogens with zero attached hydrogens (tertiary/aromatic N) is 1. The Morgan fingerprint density at radius 3 is 2.70 bits per heavy atom. The van der Waals surface area contributed by atoms with E-state index >= 15 is 0 Å². The maximum atomic E-state index is 11.6. The second-order valence-corrected chi connectivity index (χ2v) is 7.62. The van der Waals surface area contributed by atoms with Gasteiger partial charge in [-0.25, -0.2) is 12.7 Å². The van der Waals surface area contributed by atoms with Crippen molar-refractivity contribution in [2.24, 2.45) is 5.92 Å². The van der Waals surface area contributed by atoms with Gasteiger partial charge in [-0.1, -0.05) is 30.3 Å². The summed E-state index contributed by atoms with van der Waals surface area (Å²) in [5.74, 6) is 0.358. The molecule has 0 saturated carbocycles. The molecule has 0 radical (unpaired) electrons. The van der Waals surface area contributed by atoms with Crippen molar-refractivity contribution in [2.45, 2.75) is 31.8 Å². The van der Waals surface area contributed by atoms with Crippen LogP contribution in [0.5, 0.6) is 0 Å². The van der Waals surface area contributed by atoms with Crippen molar-refractivity contribution >= 4 is 10.0 Å². The van der Waals surface area contributed by atoms with Crippen LogP contribution in [0.15, 0.2) is 30.3 Å². The maximum absolute atomic E-state index is 11.6. The minimum atomic E-state index is -3.08. The summed E-state index contributed by atoms with van der Waals surface area (Å²) in [6, 6.07) is 9.62. The smallest absolute Gasteiger partial charge is 0.211 e. The molecule has 2 rings (SSSR count). The van der Waals surface area contributed by atoms with Crippen LogP contribution in [0, 0.1) is 5.92 Å². The van der Waals surface area contributed by atoms with E-state index in [0.29, 0.717) is 25.4 Å². The number of rotatable bonds is 5. The minimum absolute atomic E-state index is 0.358. The van der Waals surface area contributed by atoms with Gasteiger partial charge in [0, 0.05) is 13.1 Å². The van der Waals surface area contributed by atoms with E-state index in [1.807, 2.05) is 30.3 Å². The van der Waals surface area contributed by atoms with Gasteiger partial charge in [-0.15, -0.1) is 0 Å². The lowest BCUT2D eigenvalue weighted by Crippen LogP contribution is -2.39. The van der Waals surface area contributed by atoms with Crippen molar-refractivity contribution in [3.63, 3.8) is 0 Å². The highest BCUT2D eigenvalue weighted by Crippen LogP contribution is 2.26. The van der Waals surface area contributed by atoms with Gasteiger partial charge in [0.15, 0.2) is 0 Å². The Bertz CT molecular complexity index is 515. The zero-order valence-corrected chi connectivity index (χ0v) is 12.7. The molecule has 0 aromatic heterocycles. The van der Waals surface area contributed by atoms with Crippen molar-refractivity contribution in [2.75, 3.05) is 19.3 Å². The number of hydrogen-bond acceptors (Lipinski definition) is 3. The zero-order valence-electron chi connectivity index (χ0n) is 11.9. The number of aliphatic hydroxyl groups is 1. The van der Waals surface area contributed by atoms with Crippen LogP contribution in [0.2, 0.25) is 0 Å². The normalized spacial score (nSPS) is 22.6. The highest BCUT2D eigenvalue weighted by Gasteiger charge is 2.26. The Morgan fingerprint density at radius 2 is 2.05 bits per heavy atom. The second-order valence-electron chi connectivity index (χ2n) is 5.63. The molecule has 1 heterocycles. The quantitative estimate of drug-likeness (QED) is 0.906. The highest BCUT2D eigenvalue weighted by atomic mass is 32.2. The summed E-state index contributed by atoms with van der Waals surface area (Å²) < 4.78 is 24.7. The number of hydrogen-bond donors (Lipinski definition) is 1. The first-order valence-corrected chi connectivity index (χ1v) is 9.00. The molecule has 1 aliphatic rings. The summed E-state index contributed by atoms with van der Waals surface area (Å²) in [4.78, 5) is 0. The van der Waals surface area contributed by atoms with Crippen molar-refractivity contribution in [3.05, 3.63) is 35.9 Å². The molecule has 2 unspecified atom stereocenters. The summed E-state index contributed by atoms with van der Waals surface area (Å²) in [5, 5.41) is 10.1. The molecule has 1 aromatic carbocycles. The van der Waals surface area contributed by atoms with Crippen LogP contribution in [-0.2, 0) is 10.0 Å². The average Bonchev–Trinajstić information content (AvgIpc) is 2.45. The first kappa shape index (κ1) is 15.5. The summed E-state index contributed by atoms with van der Waals surface area (Å²) in [6.07, 6.45) is 4.33. The van der Waals surface area contributed by atoms with E-state index in [2.05, 4.69) is 0 Å². The van der Waals surface area contributed by atoms with E-state index in [4.69, 9.17) is 0 Å². The Morgan fingerprint density at radius 1 is 1.35 bits per heavy atom. The third-order valence-corrected chi connectivity index (χ3v) is 5.25. The van der Waals surface area contributed by atoms with Crippen LogP contribution < -0.4 is 0 Å². The molecule has 0 aliphatic carbocycles. The highest BCUT2D eigenvalue weighted by molar-refractivity contribution is 7.88. The van der Waals surface area contributed by atoms with Crippen molar-refractivity contribution in [1.29, 1.82) is 0 Å². The largest absolute Gasteiger partial charge is 0.388 e. The monoisotopic (exact) mass is 297 g/mol. The summed E-state index contributed by atoms with van der Waals surface area (Å²) in [6.45, 7) is 1.23. The van der Waals surface area contributed by atoms with Gasteiger partial charge in [0.2, 0.25) is 10.0 Å². The molecular formula is C15H23NO3S. The average molecular weight is 297 g/mol. The third kappa shape index (κ3) is 4.30. The molecule has 1 fully saturated rings.